The van der Waals surface area contributed by atoms with E-state index in [1.165, 1.54) is 0 Å². The quantitative estimate of drug-likeness (QED) is 0.807. The van der Waals surface area contributed by atoms with Crippen LogP contribution in [0.25, 0.3) is 5.70 Å². The molecule has 1 aromatic carbocycles. The Hall–Kier alpha value is -1.20. The number of halogens is 1. The lowest BCUT2D eigenvalue weighted by Gasteiger charge is -2.13. The number of hydrogen-bond acceptors (Lipinski definition) is 4. The Bertz CT molecular complexity index is 418. The minimum atomic E-state index is 0.532. The fraction of sp³-hybridized carbons (Fsp3) is 0.200. The second-order valence-electron chi connectivity index (χ2n) is 3.08. The van der Waals surface area contributed by atoms with Gasteiger partial charge in [0.15, 0.2) is 0 Å². The zero-order valence-corrected chi connectivity index (χ0v) is 9.80. The van der Waals surface area contributed by atoms with Crippen LogP contribution in [0.2, 0.25) is 0 Å². The fourth-order valence-electron chi connectivity index (χ4n) is 1.49. The van der Waals surface area contributed by atoms with Gasteiger partial charge in [-0.1, -0.05) is 0 Å². The lowest BCUT2D eigenvalue weighted by Crippen LogP contribution is -2.08. The molecular weight excluding hydrogens is 260 g/mol. The van der Waals surface area contributed by atoms with Crippen molar-refractivity contribution in [2.45, 2.75) is 0 Å². The van der Waals surface area contributed by atoms with Gasteiger partial charge in [0.25, 0.3) is 0 Å². The molecule has 0 aromatic heterocycles. The first-order chi connectivity index (χ1) is 7.24. The number of ether oxygens (including phenoxy) is 1. The van der Waals surface area contributed by atoms with Crippen LogP contribution in [0, 0.1) is 0 Å². The van der Waals surface area contributed by atoms with Crippen molar-refractivity contribution in [3.63, 3.8) is 0 Å². The van der Waals surface area contributed by atoms with Gasteiger partial charge in [0.1, 0.15) is 5.75 Å². The normalized spacial score (nSPS) is 14.7. The second kappa shape index (κ2) is 4.12. The third-order valence-electron chi connectivity index (χ3n) is 2.17. The summed E-state index contributed by atoms with van der Waals surface area (Å²) >= 11 is 3.41. The van der Waals surface area contributed by atoms with E-state index in [9.17, 15) is 0 Å². The van der Waals surface area contributed by atoms with E-state index in [-0.39, 0.29) is 0 Å². The van der Waals surface area contributed by atoms with Crippen molar-refractivity contribution in [1.29, 1.82) is 0 Å². The van der Waals surface area contributed by atoms with E-state index < -0.39 is 0 Å². The van der Waals surface area contributed by atoms with Crippen molar-refractivity contribution in [2.24, 2.45) is 0 Å². The molecule has 2 rings (SSSR count). The molecular formula is C10H11BrN2O2. The van der Waals surface area contributed by atoms with Gasteiger partial charge < -0.3 is 10.5 Å². The van der Waals surface area contributed by atoms with E-state index in [4.69, 9.17) is 15.3 Å². The monoisotopic (exact) mass is 270 g/mol. The zero-order valence-electron chi connectivity index (χ0n) is 8.21. The Labute approximate surface area is 96.1 Å². The van der Waals surface area contributed by atoms with Gasteiger partial charge in [-0.3, -0.25) is 10.3 Å². The Morgan fingerprint density at radius 2 is 2.33 bits per heavy atom. The lowest BCUT2D eigenvalue weighted by atomic mass is 10.1. The molecule has 1 aliphatic heterocycles. The van der Waals surface area contributed by atoms with Crippen molar-refractivity contribution in [1.82, 2.24) is 5.48 Å². The van der Waals surface area contributed by atoms with Crippen molar-refractivity contribution in [3.8, 4) is 5.75 Å². The molecule has 3 N–H and O–H groups in total. The van der Waals surface area contributed by atoms with Crippen molar-refractivity contribution in [3.05, 3.63) is 28.2 Å². The van der Waals surface area contributed by atoms with Gasteiger partial charge in [-0.25, -0.2) is 0 Å². The van der Waals surface area contributed by atoms with Crippen LogP contribution < -0.4 is 16.0 Å². The minimum Gasteiger partial charge on any atom is -0.495 e. The molecule has 0 amide bonds. The summed E-state index contributed by atoms with van der Waals surface area (Å²) in [6.45, 7) is 0.532. The van der Waals surface area contributed by atoms with Gasteiger partial charge in [-0.2, -0.15) is 0 Å². The van der Waals surface area contributed by atoms with Gasteiger partial charge in [0.2, 0.25) is 0 Å². The summed E-state index contributed by atoms with van der Waals surface area (Å²) in [5.74, 6) is 0.708. The van der Waals surface area contributed by atoms with E-state index in [1.807, 2.05) is 18.2 Å². The number of rotatable bonds is 2. The minimum absolute atomic E-state index is 0.532. The first kappa shape index (κ1) is 10.3. The molecule has 0 atom stereocenters. The molecule has 80 valence electrons. The molecule has 0 fully saturated rings. The van der Waals surface area contributed by atoms with Crippen LogP contribution in [0.3, 0.4) is 0 Å². The predicted molar refractivity (Wildman–Crippen MR) is 62.2 cm³/mol. The maximum absolute atomic E-state index is 5.91. The highest BCUT2D eigenvalue weighted by atomic mass is 79.9. The summed E-state index contributed by atoms with van der Waals surface area (Å²) in [5.41, 5.74) is 11.0. The third-order valence-corrected chi connectivity index (χ3v) is 2.79. The highest BCUT2D eigenvalue weighted by molar-refractivity contribution is 9.10. The van der Waals surface area contributed by atoms with Crippen molar-refractivity contribution in [2.75, 3.05) is 19.5 Å². The van der Waals surface area contributed by atoms with Gasteiger partial charge >= 0.3 is 0 Å². The molecule has 1 aromatic rings. The Morgan fingerprint density at radius 1 is 1.53 bits per heavy atom. The highest BCUT2D eigenvalue weighted by Gasteiger charge is 2.17. The highest BCUT2D eigenvalue weighted by Crippen LogP contribution is 2.37. The summed E-state index contributed by atoms with van der Waals surface area (Å²) in [7, 11) is 1.61. The summed E-state index contributed by atoms with van der Waals surface area (Å²) in [4.78, 5) is 5.04. The van der Waals surface area contributed by atoms with Gasteiger partial charge in [-0.15, -0.1) is 0 Å². The van der Waals surface area contributed by atoms with Gasteiger partial charge in [-0.05, 0) is 34.1 Å². The van der Waals surface area contributed by atoms with Crippen LogP contribution in [-0.2, 0) is 4.84 Å². The summed E-state index contributed by atoms with van der Waals surface area (Å²) in [6.07, 6.45) is 1.92. The molecule has 0 bridgehead atoms. The second-order valence-corrected chi connectivity index (χ2v) is 3.93. The Balaban J connectivity index is 2.56. The number of hydroxylamine groups is 1. The molecule has 0 aliphatic carbocycles. The van der Waals surface area contributed by atoms with E-state index >= 15 is 0 Å². The molecule has 0 saturated carbocycles. The molecule has 1 aliphatic rings. The summed E-state index contributed by atoms with van der Waals surface area (Å²) in [5, 5.41) is 0. The summed E-state index contributed by atoms with van der Waals surface area (Å²) in [6, 6.07) is 3.68. The molecule has 0 unspecified atom stereocenters. The molecule has 0 radical (unpaired) electrons. The Kier molecular flexibility index (Phi) is 2.83. The third kappa shape index (κ3) is 1.80. The number of methoxy groups -OCH3 is 1. The average Bonchev–Trinajstić information content (AvgIpc) is 2.74. The number of hydrogen-bond donors (Lipinski definition) is 2. The smallest absolute Gasteiger partial charge is 0.144 e. The standard InChI is InChI=1S/C10H11BrN2O2/c1-14-10-6(11)2-3-7(12)9(10)8-4-5-15-13-8/h2-4,13H,5,12H2,1H3. The van der Waals surface area contributed by atoms with Crippen LogP contribution >= 0.6 is 15.9 Å². The lowest BCUT2D eigenvalue weighted by molar-refractivity contribution is 0.121. The van der Waals surface area contributed by atoms with E-state index in [2.05, 4.69) is 21.4 Å². The van der Waals surface area contributed by atoms with Crippen molar-refractivity contribution >= 4 is 27.3 Å². The van der Waals surface area contributed by atoms with Crippen LogP contribution in [0.15, 0.2) is 22.7 Å². The van der Waals surface area contributed by atoms with E-state index in [0.717, 1.165) is 15.7 Å². The van der Waals surface area contributed by atoms with Crippen molar-refractivity contribution < 1.29 is 9.57 Å². The first-order valence-corrected chi connectivity index (χ1v) is 5.23. The predicted octanol–water partition coefficient (Wildman–Crippen LogP) is 1.92. The topological polar surface area (TPSA) is 56.5 Å². The molecule has 0 saturated heterocycles. The van der Waals surface area contributed by atoms with Gasteiger partial charge in [0, 0.05) is 5.69 Å². The average molecular weight is 271 g/mol. The van der Waals surface area contributed by atoms with Gasteiger partial charge in [0.05, 0.1) is 29.4 Å². The van der Waals surface area contributed by atoms with Crippen LogP contribution in [-0.4, -0.2) is 13.7 Å². The Morgan fingerprint density at radius 3 is 2.93 bits per heavy atom. The molecule has 4 nitrogen and oxygen atoms in total. The molecule has 5 heteroatoms. The summed E-state index contributed by atoms with van der Waals surface area (Å²) < 4.78 is 6.17. The molecule has 0 spiro atoms. The molecule has 15 heavy (non-hydrogen) atoms. The maximum Gasteiger partial charge on any atom is 0.144 e. The maximum atomic E-state index is 5.91. The zero-order chi connectivity index (χ0) is 10.8. The number of nitrogen functional groups attached to an aromatic ring is 1. The first-order valence-electron chi connectivity index (χ1n) is 4.44. The SMILES string of the molecule is COc1c(Br)ccc(N)c1C1=CCON1. The van der Waals surface area contributed by atoms with E-state index in [1.54, 1.807) is 7.11 Å². The fourth-order valence-corrected chi connectivity index (χ4v) is 1.98. The van der Waals surface area contributed by atoms with E-state index in [0.29, 0.717) is 18.0 Å². The molecule has 1 heterocycles. The largest absolute Gasteiger partial charge is 0.495 e. The number of nitrogens with two attached hydrogens (primary N) is 1. The number of anilines is 1. The van der Waals surface area contributed by atoms with Crippen LogP contribution in [0.4, 0.5) is 5.69 Å². The number of nitrogens with one attached hydrogen (secondary N) is 1. The number of benzene rings is 1. The van der Waals surface area contributed by atoms with Crippen LogP contribution in [0.1, 0.15) is 5.56 Å². The van der Waals surface area contributed by atoms with Crippen LogP contribution in [0.5, 0.6) is 5.75 Å².